The molecule has 1 aromatic heterocycles. The van der Waals surface area contributed by atoms with Crippen LogP contribution in [0.5, 0.6) is 5.75 Å². The molecule has 2 aromatic carbocycles. The molecule has 1 fully saturated rings. The van der Waals surface area contributed by atoms with Crippen LogP contribution in [0.15, 0.2) is 47.5 Å². The summed E-state index contributed by atoms with van der Waals surface area (Å²) in [5, 5.41) is 11.1. The molecule has 0 atom stereocenters. The second kappa shape index (κ2) is 13.6. The maximum absolute atomic E-state index is 6.52. The number of anilines is 5. The molecule has 4 rings (SSSR count). The predicted octanol–water partition coefficient (Wildman–Crippen LogP) is 8.15. The Hall–Kier alpha value is -2.68. The molecule has 2 heterocycles. The highest BCUT2D eigenvalue weighted by molar-refractivity contribution is 8.00. The molecule has 3 aromatic rings. The topological polar surface area (TPSA) is 74.3 Å². The van der Waals surface area contributed by atoms with Crippen molar-refractivity contribution < 1.29 is 4.74 Å². The number of nitrogens with zero attached hydrogens (tertiary/aromatic N) is 3. The lowest BCUT2D eigenvalue weighted by atomic mass is 9.87. The van der Waals surface area contributed by atoms with Crippen LogP contribution in [0.25, 0.3) is 0 Å². The number of nitrogens with one attached hydrogen (secondary N) is 3. The van der Waals surface area contributed by atoms with Crippen molar-refractivity contribution in [2.24, 2.45) is 0 Å². The van der Waals surface area contributed by atoms with Crippen molar-refractivity contribution in [3.8, 4) is 5.75 Å². The van der Waals surface area contributed by atoms with E-state index in [9.17, 15) is 0 Å². The number of rotatable bonds is 11. The van der Waals surface area contributed by atoms with Gasteiger partial charge in [0.15, 0.2) is 5.82 Å². The Kier molecular flexibility index (Phi) is 10.2. The minimum absolute atomic E-state index is 0.0269. The van der Waals surface area contributed by atoms with Crippen molar-refractivity contribution >= 4 is 52.2 Å². The molecule has 0 radical (unpaired) electrons. The minimum atomic E-state index is 0.0269. The molecule has 1 aliphatic heterocycles. The van der Waals surface area contributed by atoms with E-state index >= 15 is 0 Å². The van der Waals surface area contributed by atoms with Crippen LogP contribution in [0.2, 0.25) is 5.02 Å². The summed E-state index contributed by atoms with van der Waals surface area (Å²) in [7, 11) is 1.97. The highest BCUT2D eigenvalue weighted by Crippen LogP contribution is 2.41. The molecule has 9 heteroatoms. The molecular weight excluding hydrogens is 528 g/mol. The molecule has 0 spiro atoms. The van der Waals surface area contributed by atoms with Crippen molar-refractivity contribution in [2.75, 3.05) is 42.6 Å². The van der Waals surface area contributed by atoms with Gasteiger partial charge in [-0.05, 0) is 82.1 Å². The molecule has 0 amide bonds. The van der Waals surface area contributed by atoms with Gasteiger partial charge in [0.2, 0.25) is 5.95 Å². The van der Waals surface area contributed by atoms with Gasteiger partial charge in [-0.15, -0.1) is 11.8 Å². The first kappa shape index (κ1) is 29.3. The normalized spacial score (nSPS) is 14.6. The van der Waals surface area contributed by atoms with E-state index in [1.54, 1.807) is 18.0 Å². The summed E-state index contributed by atoms with van der Waals surface area (Å²) in [6, 6.07) is 12.5. The van der Waals surface area contributed by atoms with Crippen LogP contribution in [-0.4, -0.2) is 52.9 Å². The number of hydrogen-bond acceptors (Lipinski definition) is 8. The van der Waals surface area contributed by atoms with Gasteiger partial charge in [-0.2, -0.15) is 4.98 Å². The van der Waals surface area contributed by atoms with Gasteiger partial charge in [-0.25, -0.2) is 4.98 Å². The number of piperidine rings is 1. The van der Waals surface area contributed by atoms with Crippen LogP contribution in [0, 0.1) is 0 Å². The quantitative estimate of drug-likeness (QED) is 0.200. The lowest BCUT2D eigenvalue weighted by Gasteiger charge is -2.32. The first-order valence-electron chi connectivity index (χ1n) is 13.8. The van der Waals surface area contributed by atoms with E-state index in [0.717, 1.165) is 60.2 Å². The molecular formula is C30H41ClN6OS. The number of ether oxygens (including phenoxy) is 1. The number of aromatic nitrogens is 2. The molecule has 39 heavy (non-hydrogen) atoms. The summed E-state index contributed by atoms with van der Waals surface area (Å²) in [6.45, 7) is 14.0. The Balaban J connectivity index is 1.63. The van der Waals surface area contributed by atoms with Crippen LogP contribution < -0.4 is 20.7 Å². The van der Waals surface area contributed by atoms with E-state index in [1.165, 1.54) is 5.56 Å². The molecule has 0 unspecified atom stereocenters. The Morgan fingerprint density at radius 1 is 1.05 bits per heavy atom. The van der Waals surface area contributed by atoms with Gasteiger partial charge in [0.25, 0.3) is 0 Å². The fourth-order valence-corrected chi connectivity index (χ4v) is 5.90. The first-order chi connectivity index (χ1) is 18.8. The third kappa shape index (κ3) is 7.71. The average molecular weight is 569 g/mol. The lowest BCUT2D eigenvalue weighted by Crippen LogP contribution is -2.32. The summed E-state index contributed by atoms with van der Waals surface area (Å²) in [4.78, 5) is 12.9. The third-order valence-corrected chi connectivity index (χ3v) is 8.11. The zero-order valence-electron chi connectivity index (χ0n) is 23.8. The van der Waals surface area contributed by atoms with Crippen LogP contribution in [-0.2, 0) is 0 Å². The molecule has 1 aliphatic rings. The van der Waals surface area contributed by atoms with E-state index in [4.69, 9.17) is 21.3 Å². The average Bonchev–Trinajstić information content (AvgIpc) is 2.91. The molecule has 3 N–H and O–H groups in total. The van der Waals surface area contributed by atoms with Crippen molar-refractivity contribution in [2.45, 2.75) is 69.6 Å². The fraction of sp³-hybridized carbons (Fsp3) is 0.467. The van der Waals surface area contributed by atoms with Crippen LogP contribution in [0.3, 0.4) is 0 Å². The van der Waals surface area contributed by atoms with Crippen LogP contribution in [0.4, 0.5) is 28.8 Å². The Labute approximate surface area is 242 Å². The Morgan fingerprint density at radius 3 is 2.46 bits per heavy atom. The zero-order valence-corrected chi connectivity index (χ0v) is 25.4. The molecule has 7 nitrogen and oxygen atoms in total. The van der Waals surface area contributed by atoms with Gasteiger partial charge in [0.1, 0.15) is 10.8 Å². The van der Waals surface area contributed by atoms with E-state index < -0.39 is 0 Å². The van der Waals surface area contributed by atoms with Crippen molar-refractivity contribution in [1.82, 2.24) is 14.9 Å². The maximum Gasteiger partial charge on any atom is 0.229 e. The summed E-state index contributed by atoms with van der Waals surface area (Å²) < 4.78 is 6.29. The Morgan fingerprint density at radius 2 is 1.79 bits per heavy atom. The van der Waals surface area contributed by atoms with E-state index in [1.807, 2.05) is 39.1 Å². The smallest absolute Gasteiger partial charge is 0.229 e. The van der Waals surface area contributed by atoms with Crippen molar-refractivity contribution in [3.63, 3.8) is 0 Å². The number of halogens is 1. The molecule has 0 aliphatic carbocycles. The zero-order chi connectivity index (χ0) is 27.9. The monoisotopic (exact) mass is 568 g/mol. The first-order valence-corrected chi connectivity index (χ1v) is 15.1. The van der Waals surface area contributed by atoms with E-state index in [0.29, 0.717) is 28.0 Å². The van der Waals surface area contributed by atoms with Crippen LogP contribution in [0.1, 0.15) is 58.9 Å². The van der Waals surface area contributed by atoms with Crippen molar-refractivity contribution in [1.29, 1.82) is 0 Å². The highest BCUT2D eigenvalue weighted by Gasteiger charge is 2.24. The van der Waals surface area contributed by atoms with Crippen LogP contribution >= 0.6 is 23.4 Å². The van der Waals surface area contributed by atoms with Gasteiger partial charge in [0.05, 0.1) is 23.7 Å². The number of thioether (sulfide) groups is 1. The lowest BCUT2D eigenvalue weighted by molar-refractivity contribution is 0.221. The van der Waals surface area contributed by atoms with Gasteiger partial charge in [-0.1, -0.05) is 44.5 Å². The maximum atomic E-state index is 6.52. The van der Waals surface area contributed by atoms with E-state index in [2.05, 4.69) is 64.8 Å². The number of para-hydroxylation sites is 1. The summed E-state index contributed by atoms with van der Waals surface area (Å²) >= 11 is 8.31. The second-order valence-corrected chi connectivity index (χ2v) is 12.4. The largest absolute Gasteiger partial charge is 0.489 e. The number of hydrogen-bond donors (Lipinski definition) is 3. The standard InChI is InChI=1S/C30H41ClN6OS/c1-7-37-14-12-21(13-15-37)22-16-27(38-19(2)3)26(17-25(22)32-6)35-30-33-18-23(31)29(36-30)34-24-10-8-9-11-28(24)39-20(4)5/h8-11,16-21,32H,7,12-15H2,1-6H3,(H2,33,34,35,36). The molecule has 0 saturated carbocycles. The number of likely N-dealkylation sites (tertiary alicyclic amines) is 1. The molecule has 1 saturated heterocycles. The number of benzene rings is 2. The van der Waals surface area contributed by atoms with Crippen molar-refractivity contribution in [3.05, 3.63) is 53.2 Å². The SMILES string of the molecule is CCN1CCC(c2cc(OC(C)C)c(Nc3ncc(Cl)c(Nc4ccccc4SC(C)C)n3)cc2NC)CC1. The predicted molar refractivity (Wildman–Crippen MR) is 167 cm³/mol. The summed E-state index contributed by atoms with van der Waals surface area (Å²) in [5.74, 6) is 2.27. The fourth-order valence-electron chi connectivity index (χ4n) is 4.85. The summed E-state index contributed by atoms with van der Waals surface area (Å²) in [6.07, 6.45) is 3.93. The molecule has 0 bridgehead atoms. The Bertz CT molecular complexity index is 1250. The van der Waals surface area contributed by atoms with Gasteiger partial charge >= 0.3 is 0 Å². The second-order valence-electron chi connectivity index (χ2n) is 10.4. The van der Waals surface area contributed by atoms with Gasteiger partial charge < -0.3 is 25.6 Å². The molecule has 210 valence electrons. The minimum Gasteiger partial charge on any atom is -0.489 e. The third-order valence-electron chi connectivity index (χ3n) is 6.75. The van der Waals surface area contributed by atoms with Gasteiger partial charge in [0, 0.05) is 22.9 Å². The highest BCUT2D eigenvalue weighted by atomic mass is 35.5. The van der Waals surface area contributed by atoms with E-state index in [-0.39, 0.29) is 6.10 Å². The van der Waals surface area contributed by atoms with Gasteiger partial charge in [-0.3, -0.25) is 0 Å². The summed E-state index contributed by atoms with van der Waals surface area (Å²) in [5.41, 5.74) is 4.16.